The van der Waals surface area contributed by atoms with Crippen LogP contribution in [0.5, 0.6) is 0 Å². The molecule has 0 saturated heterocycles. The topological polar surface area (TPSA) is 73.8 Å². The molecule has 0 atom stereocenters. The standard InChI is InChI=1S/C13H16N4OS/c1-3-11-12(18)17(14)13(16-15-11)19-8-10-6-4-9(2)5-7-10/h4-7H,3,8,14H2,1-2H3. The summed E-state index contributed by atoms with van der Waals surface area (Å²) in [7, 11) is 0. The fraction of sp³-hybridized carbons (Fsp3) is 0.308. The Labute approximate surface area is 115 Å². The van der Waals surface area contributed by atoms with E-state index < -0.39 is 0 Å². The maximum absolute atomic E-state index is 11.8. The van der Waals surface area contributed by atoms with Gasteiger partial charge in [-0.05, 0) is 18.9 Å². The van der Waals surface area contributed by atoms with Crippen LogP contribution in [0.1, 0.15) is 23.7 Å². The lowest BCUT2D eigenvalue weighted by Gasteiger charge is -2.06. The molecular formula is C13H16N4OS. The van der Waals surface area contributed by atoms with Crippen LogP contribution in [0, 0.1) is 6.92 Å². The van der Waals surface area contributed by atoms with Gasteiger partial charge in [-0.25, -0.2) is 0 Å². The highest BCUT2D eigenvalue weighted by Crippen LogP contribution is 2.18. The zero-order valence-corrected chi connectivity index (χ0v) is 11.8. The lowest BCUT2D eigenvalue weighted by atomic mass is 10.2. The van der Waals surface area contributed by atoms with E-state index in [1.807, 2.05) is 13.8 Å². The Morgan fingerprint density at radius 2 is 1.95 bits per heavy atom. The van der Waals surface area contributed by atoms with Crippen molar-refractivity contribution in [2.24, 2.45) is 0 Å². The first-order valence-electron chi connectivity index (χ1n) is 6.04. The monoisotopic (exact) mass is 276 g/mol. The van der Waals surface area contributed by atoms with Crippen molar-refractivity contribution in [2.45, 2.75) is 31.2 Å². The average molecular weight is 276 g/mol. The normalized spacial score (nSPS) is 10.6. The van der Waals surface area contributed by atoms with Gasteiger partial charge in [0.05, 0.1) is 0 Å². The number of benzene rings is 1. The van der Waals surface area contributed by atoms with Crippen molar-refractivity contribution in [2.75, 3.05) is 5.84 Å². The van der Waals surface area contributed by atoms with E-state index in [-0.39, 0.29) is 5.56 Å². The molecule has 0 unspecified atom stereocenters. The third-order valence-electron chi connectivity index (χ3n) is 2.75. The number of nitrogens with two attached hydrogens (primary N) is 1. The smallest absolute Gasteiger partial charge is 0.294 e. The summed E-state index contributed by atoms with van der Waals surface area (Å²) in [5, 5.41) is 8.33. The number of aromatic nitrogens is 3. The zero-order chi connectivity index (χ0) is 13.8. The van der Waals surface area contributed by atoms with Crippen molar-refractivity contribution in [3.05, 3.63) is 51.4 Å². The number of rotatable bonds is 4. The highest BCUT2D eigenvalue weighted by Gasteiger charge is 2.09. The summed E-state index contributed by atoms with van der Waals surface area (Å²) in [6.07, 6.45) is 0.534. The molecule has 1 heterocycles. The Morgan fingerprint density at radius 3 is 2.58 bits per heavy atom. The second-order valence-corrected chi connectivity index (χ2v) is 5.17. The molecule has 0 fully saturated rings. The van der Waals surface area contributed by atoms with E-state index in [1.54, 1.807) is 0 Å². The summed E-state index contributed by atoms with van der Waals surface area (Å²) >= 11 is 1.40. The SMILES string of the molecule is CCc1nnc(SCc2ccc(C)cc2)n(N)c1=O. The molecule has 0 amide bonds. The number of aryl methyl sites for hydroxylation is 2. The minimum Gasteiger partial charge on any atom is -0.334 e. The molecule has 6 heteroatoms. The quantitative estimate of drug-likeness (QED) is 0.677. The van der Waals surface area contributed by atoms with Crippen LogP contribution in [0.2, 0.25) is 0 Å². The first kappa shape index (κ1) is 13.6. The van der Waals surface area contributed by atoms with Crippen LogP contribution < -0.4 is 11.4 Å². The molecule has 0 spiro atoms. The molecule has 0 aliphatic carbocycles. The number of nitrogen functional groups attached to an aromatic ring is 1. The van der Waals surface area contributed by atoms with Crippen LogP contribution in [0.4, 0.5) is 0 Å². The van der Waals surface area contributed by atoms with Gasteiger partial charge in [-0.3, -0.25) is 4.79 Å². The maximum atomic E-state index is 11.8. The first-order valence-corrected chi connectivity index (χ1v) is 7.02. The van der Waals surface area contributed by atoms with Crippen LogP contribution >= 0.6 is 11.8 Å². The van der Waals surface area contributed by atoms with Crippen LogP contribution in [0.15, 0.2) is 34.2 Å². The number of hydrogen-bond donors (Lipinski definition) is 1. The summed E-state index contributed by atoms with van der Waals surface area (Å²) in [6, 6.07) is 8.21. The fourth-order valence-electron chi connectivity index (χ4n) is 1.57. The molecule has 2 N–H and O–H groups in total. The Bertz CT molecular complexity index is 622. The predicted octanol–water partition coefficient (Wildman–Crippen LogP) is 1.52. The Kier molecular flexibility index (Phi) is 4.21. The van der Waals surface area contributed by atoms with Crippen LogP contribution in [0.3, 0.4) is 0 Å². The second kappa shape index (κ2) is 5.88. The lowest BCUT2D eigenvalue weighted by molar-refractivity contribution is 0.668. The summed E-state index contributed by atoms with van der Waals surface area (Å²) in [6.45, 7) is 3.90. The van der Waals surface area contributed by atoms with Gasteiger partial charge in [0, 0.05) is 5.75 Å². The molecule has 5 nitrogen and oxygen atoms in total. The molecular weight excluding hydrogens is 260 g/mol. The maximum Gasteiger partial charge on any atom is 0.294 e. The summed E-state index contributed by atoms with van der Waals surface area (Å²) in [5.41, 5.74) is 2.49. The fourth-order valence-corrected chi connectivity index (χ4v) is 2.38. The van der Waals surface area contributed by atoms with Crippen molar-refractivity contribution in [3.8, 4) is 0 Å². The molecule has 100 valence electrons. The molecule has 1 aromatic heterocycles. The average Bonchev–Trinajstić information content (AvgIpc) is 2.42. The Hall–Kier alpha value is -1.82. The third-order valence-corrected chi connectivity index (χ3v) is 3.77. The van der Waals surface area contributed by atoms with Crippen LogP contribution in [-0.4, -0.2) is 14.9 Å². The van der Waals surface area contributed by atoms with Gasteiger partial charge in [-0.2, -0.15) is 4.68 Å². The van der Waals surface area contributed by atoms with Gasteiger partial charge >= 0.3 is 0 Å². The molecule has 0 bridgehead atoms. The van der Waals surface area contributed by atoms with E-state index in [1.165, 1.54) is 17.3 Å². The van der Waals surface area contributed by atoms with E-state index in [9.17, 15) is 4.79 Å². The third kappa shape index (κ3) is 3.14. The summed E-state index contributed by atoms with van der Waals surface area (Å²) in [5.74, 6) is 6.43. The molecule has 0 aliphatic rings. The van der Waals surface area contributed by atoms with Crippen LogP contribution in [-0.2, 0) is 12.2 Å². The predicted molar refractivity (Wildman–Crippen MR) is 76.6 cm³/mol. The molecule has 2 rings (SSSR count). The number of hydrogen-bond acceptors (Lipinski definition) is 5. The van der Waals surface area contributed by atoms with E-state index in [2.05, 4.69) is 34.5 Å². The summed E-state index contributed by atoms with van der Waals surface area (Å²) < 4.78 is 1.07. The van der Waals surface area contributed by atoms with Gasteiger partial charge < -0.3 is 5.84 Å². The van der Waals surface area contributed by atoms with E-state index in [0.29, 0.717) is 23.0 Å². The van der Waals surface area contributed by atoms with Crippen molar-refractivity contribution >= 4 is 11.8 Å². The van der Waals surface area contributed by atoms with Crippen molar-refractivity contribution in [1.82, 2.24) is 14.9 Å². The Balaban J connectivity index is 2.14. The largest absolute Gasteiger partial charge is 0.334 e. The first-order chi connectivity index (χ1) is 9.11. The number of thioether (sulfide) groups is 1. The molecule has 2 aromatic rings. The van der Waals surface area contributed by atoms with Gasteiger partial charge in [0.2, 0.25) is 5.16 Å². The zero-order valence-electron chi connectivity index (χ0n) is 11.0. The van der Waals surface area contributed by atoms with Gasteiger partial charge in [-0.15, -0.1) is 10.2 Å². The Morgan fingerprint density at radius 1 is 1.26 bits per heavy atom. The van der Waals surface area contributed by atoms with Crippen molar-refractivity contribution in [1.29, 1.82) is 0 Å². The van der Waals surface area contributed by atoms with Gasteiger partial charge in [-0.1, -0.05) is 48.5 Å². The van der Waals surface area contributed by atoms with Crippen molar-refractivity contribution in [3.63, 3.8) is 0 Å². The minimum absolute atomic E-state index is 0.274. The highest BCUT2D eigenvalue weighted by molar-refractivity contribution is 7.98. The second-order valence-electron chi connectivity index (χ2n) is 4.23. The highest BCUT2D eigenvalue weighted by atomic mass is 32.2. The molecule has 0 radical (unpaired) electrons. The van der Waals surface area contributed by atoms with E-state index in [4.69, 9.17) is 5.84 Å². The van der Waals surface area contributed by atoms with Crippen molar-refractivity contribution < 1.29 is 0 Å². The molecule has 19 heavy (non-hydrogen) atoms. The van der Waals surface area contributed by atoms with Crippen LogP contribution in [0.25, 0.3) is 0 Å². The summed E-state index contributed by atoms with van der Waals surface area (Å²) in [4.78, 5) is 11.8. The minimum atomic E-state index is -0.274. The van der Waals surface area contributed by atoms with Gasteiger partial charge in [0.15, 0.2) is 0 Å². The van der Waals surface area contributed by atoms with E-state index in [0.717, 1.165) is 10.2 Å². The van der Waals surface area contributed by atoms with Gasteiger partial charge in [0.1, 0.15) is 5.69 Å². The van der Waals surface area contributed by atoms with E-state index >= 15 is 0 Å². The molecule has 0 saturated carbocycles. The molecule has 0 aliphatic heterocycles. The lowest BCUT2D eigenvalue weighted by Crippen LogP contribution is -2.33. The van der Waals surface area contributed by atoms with Gasteiger partial charge in [0.25, 0.3) is 5.56 Å². The number of nitrogens with zero attached hydrogens (tertiary/aromatic N) is 3. The molecule has 1 aromatic carbocycles.